The number of hydrogen-bond donors (Lipinski definition) is 3. The number of benzene rings is 1. The molecule has 1 aliphatic heterocycles. The topological polar surface area (TPSA) is 69.1 Å². The first kappa shape index (κ1) is 26.1. The van der Waals surface area contributed by atoms with Crippen molar-refractivity contribution in [3.05, 3.63) is 35.9 Å². The Balaban J connectivity index is 0.00000420. The molecule has 0 saturated carbocycles. The van der Waals surface area contributed by atoms with Gasteiger partial charge in [-0.25, -0.2) is 0 Å². The second kappa shape index (κ2) is 15.0. The number of ether oxygens (including phenoxy) is 1. The van der Waals surface area contributed by atoms with Gasteiger partial charge in [0.1, 0.15) is 0 Å². The van der Waals surface area contributed by atoms with Crippen LogP contribution in [0.2, 0.25) is 0 Å². The highest BCUT2D eigenvalue weighted by molar-refractivity contribution is 14.0. The summed E-state index contributed by atoms with van der Waals surface area (Å²) < 4.78 is 5.50. The minimum absolute atomic E-state index is 0. The third-order valence-electron chi connectivity index (χ3n) is 4.93. The van der Waals surface area contributed by atoms with Gasteiger partial charge in [0.25, 0.3) is 0 Å². The van der Waals surface area contributed by atoms with Crippen LogP contribution in [0.3, 0.4) is 0 Å². The maximum Gasteiger partial charge on any atom is 0.191 e. The first-order valence-electron chi connectivity index (χ1n) is 10.6. The number of aliphatic hydroxyl groups is 1. The molecule has 1 aromatic carbocycles. The monoisotopic (exact) mass is 518 g/mol. The van der Waals surface area contributed by atoms with Gasteiger partial charge in [0.2, 0.25) is 0 Å². The van der Waals surface area contributed by atoms with Gasteiger partial charge in [-0.15, -0.1) is 24.0 Å². The van der Waals surface area contributed by atoms with Crippen molar-refractivity contribution in [3.8, 4) is 0 Å². The van der Waals surface area contributed by atoms with E-state index >= 15 is 0 Å². The number of aliphatic hydroxyl groups excluding tert-OH is 1. The zero-order chi connectivity index (χ0) is 20.2. The molecule has 0 spiro atoms. The molecule has 1 saturated heterocycles. The number of aliphatic imine (C=N–C) groups is 1. The average molecular weight is 518 g/mol. The number of nitrogens with one attached hydrogen (secondary N) is 2. The molecule has 1 aliphatic rings. The summed E-state index contributed by atoms with van der Waals surface area (Å²) in [5, 5.41) is 16.9. The molecule has 6 nitrogen and oxygen atoms in total. The van der Waals surface area contributed by atoms with Gasteiger partial charge in [0.15, 0.2) is 5.96 Å². The van der Waals surface area contributed by atoms with E-state index in [0.29, 0.717) is 24.9 Å². The molecule has 0 bridgehead atoms. The molecule has 0 radical (unpaired) electrons. The Morgan fingerprint density at radius 1 is 1.17 bits per heavy atom. The molecule has 7 heteroatoms. The molecular formula is C22H39IN4O2. The Bertz CT molecular complexity index is 565. The minimum atomic E-state index is -0.447. The predicted octanol–water partition coefficient (Wildman–Crippen LogP) is 2.51. The van der Waals surface area contributed by atoms with Gasteiger partial charge in [-0.05, 0) is 24.8 Å². The van der Waals surface area contributed by atoms with Gasteiger partial charge in [0, 0.05) is 38.6 Å². The molecule has 3 N–H and O–H groups in total. The van der Waals surface area contributed by atoms with Crippen LogP contribution in [0.15, 0.2) is 35.3 Å². The maximum absolute atomic E-state index is 10.4. The molecular weight excluding hydrogens is 479 g/mol. The summed E-state index contributed by atoms with van der Waals surface area (Å²) in [6.45, 7) is 12.2. The largest absolute Gasteiger partial charge is 0.391 e. The molecule has 1 aromatic rings. The van der Waals surface area contributed by atoms with Crippen molar-refractivity contribution in [3.63, 3.8) is 0 Å². The quantitative estimate of drug-likeness (QED) is 0.252. The number of halogens is 1. The zero-order valence-corrected chi connectivity index (χ0v) is 20.5. The first-order valence-corrected chi connectivity index (χ1v) is 10.6. The lowest BCUT2D eigenvalue weighted by atomic mass is 10.0. The summed E-state index contributed by atoms with van der Waals surface area (Å²) in [5.74, 6) is 1.41. The fourth-order valence-corrected chi connectivity index (χ4v) is 3.54. The van der Waals surface area contributed by atoms with Gasteiger partial charge < -0.3 is 20.5 Å². The standard InChI is InChI=1S/C22H38N4O2.HI/c1-4-23-22(25-17-21(27)15-19-8-6-5-7-9-19)24-16-20(14-18(2)3)26-10-12-28-13-11-26;/h5-9,18,20-21,27H,4,10-17H2,1-3H3,(H2,23,24,25);1H. The number of nitrogens with zero attached hydrogens (tertiary/aromatic N) is 2. The SMILES string of the molecule is CCNC(=NCC(CC(C)C)N1CCOCC1)NCC(O)Cc1ccccc1.I. The molecule has 0 aliphatic carbocycles. The maximum atomic E-state index is 10.4. The molecule has 2 unspecified atom stereocenters. The van der Waals surface area contributed by atoms with Crippen molar-refractivity contribution in [2.45, 2.75) is 45.8 Å². The second-order valence-electron chi connectivity index (χ2n) is 7.88. The highest BCUT2D eigenvalue weighted by atomic mass is 127. The molecule has 0 aromatic heterocycles. The minimum Gasteiger partial charge on any atom is -0.391 e. The molecule has 2 atom stereocenters. The Morgan fingerprint density at radius 2 is 1.86 bits per heavy atom. The van der Waals surface area contributed by atoms with Crippen LogP contribution in [0.1, 0.15) is 32.8 Å². The first-order chi connectivity index (χ1) is 13.6. The number of morpholine rings is 1. The van der Waals surface area contributed by atoms with E-state index < -0.39 is 6.10 Å². The Hall–Kier alpha value is -0.900. The third kappa shape index (κ3) is 10.6. The Kier molecular flexibility index (Phi) is 13.5. The van der Waals surface area contributed by atoms with Gasteiger partial charge in [-0.1, -0.05) is 44.2 Å². The van der Waals surface area contributed by atoms with Crippen molar-refractivity contribution < 1.29 is 9.84 Å². The van der Waals surface area contributed by atoms with Crippen molar-refractivity contribution in [1.82, 2.24) is 15.5 Å². The highest BCUT2D eigenvalue weighted by Gasteiger charge is 2.21. The normalized spacial score (nSPS) is 17.5. The van der Waals surface area contributed by atoms with E-state index in [1.807, 2.05) is 30.3 Å². The second-order valence-corrected chi connectivity index (χ2v) is 7.88. The average Bonchev–Trinajstić information content (AvgIpc) is 2.70. The van der Waals surface area contributed by atoms with E-state index in [-0.39, 0.29) is 24.0 Å². The lowest BCUT2D eigenvalue weighted by Gasteiger charge is -2.34. The van der Waals surface area contributed by atoms with Crippen molar-refractivity contribution in [2.75, 3.05) is 45.9 Å². The van der Waals surface area contributed by atoms with Gasteiger partial charge in [-0.2, -0.15) is 0 Å². The van der Waals surface area contributed by atoms with E-state index in [0.717, 1.165) is 57.3 Å². The van der Waals surface area contributed by atoms with Crippen molar-refractivity contribution in [2.24, 2.45) is 10.9 Å². The van der Waals surface area contributed by atoms with Crippen LogP contribution in [-0.2, 0) is 11.2 Å². The van der Waals surface area contributed by atoms with Crippen molar-refractivity contribution in [1.29, 1.82) is 0 Å². The van der Waals surface area contributed by atoms with Crippen LogP contribution < -0.4 is 10.6 Å². The van der Waals surface area contributed by atoms with Crippen LogP contribution in [0.5, 0.6) is 0 Å². The zero-order valence-electron chi connectivity index (χ0n) is 18.1. The number of rotatable bonds is 10. The Morgan fingerprint density at radius 3 is 2.48 bits per heavy atom. The fourth-order valence-electron chi connectivity index (χ4n) is 3.54. The molecule has 1 heterocycles. The number of hydrogen-bond acceptors (Lipinski definition) is 4. The van der Waals surface area contributed by atoms with E-state index in [9.17, 15) is 5.11 Å². The summed E-state index contributed by atoms with van der Waals surface area (Å²) in [5.41, 5.74) is 1.14. The van der Waals surface area contributed by atoms with E-state index in [2.05, 4.69) is 36.3 Å². The highest BCUT2D eigenvalue weighted by Crippen LogP contribution is 2.14. The van der Waals surface area contributed by atoms with Gasteiger partial charge >= 0.3 is 0 Å². The fraction of sp³-hybridized carbons (Fsp3) is 0.682. The van der Waals surface area contributed by atoms with Crippen molar-refractivity contribution >= 4 is 29.9 Å². The smallest absolute Gasteiger partial charge is 0.191 e. The summed E-state index contributed by atoms with van der Waals surface area (Å²) in [4.78, 5) is 7.32. The van der Waals surface area contributed by atoms with Gasteiger partial charge in [-0.3, -0.25) is 9.89 Å². The summed E-state index contributed by atoms with van der Waals surface area (Å²) in [6, 6.07) is 10.5. The van der Waals surface area contributed by atoms with Crippen LogP contribution in [0.4, 0.5) is 0 Å². The van der Waals surface area contributed by atoms with Crippen LogP contribution >= 0.6 is 24.0 Å². The molecule has 1 fully saturated rings. The third-order valence-corrected chi connectivity index (χ3v) is 4.93. The predicted molar refractivity (Wildman–Crippen MR) is 131 cm³/mol. The van der Waals surface area contributed by atoms with Crippen LogP contribution in [-0.4, -0.2) is 74.0 Å². The summed E-state index contributed by atoms with van der Waals surface area (Å²) in [7, 11) is 0. The van der Waals surface area contributed by atoms with Gasteiger partial charge in [0.05, 0.1) is 25.9 Å². The van der Waals surface area contributed by atoms with E-state index in [4.69, 9.17) is 9.73 Å². The molecule has 29 heavy (non-hydrogen) atoms. The summed E-state index contributed by atoms with van der Waals surface area (Å²) in [6.07, 6.45) is 1.31. The van der Waals surface area contributed by atoms with Crippen LogP contribution in [0, 0.1) is 5.92 Å². The van der Waals surface area contributed by atoms with E-state index in [1.165, 1.54) is 0 Å². The lowest BCUT2D eigenvalue weighted by molar-refractivity contribution is 0.0143. The molecule has 0 amide bonds. The Labute approximate surface area is 193 Å². The lowest BCUT2D eigenvalue weighted by Crippen LogP contribution is -2.47. The molecule has 166 valence electrons. The summed E-state index contributed by atoms with van der Waals surface area (Å²) >= 11 is 0. The number of guanidine groups is 1. The van der Waals surface area contributed by atoms with Crippen LogP contribution in [0.25, 0.3) is 0 Å². The molecule has 2 rings (SSSR count). The van der Waals surface area contributed by atoms with E-state index in [1.54, 1.807) is 0 Å².